The van der Waals surface area contributed by atoms with Gasteiger partial charge in [-0.3, -0.25) is 14.9 Å². The van der Waals surface area contributed by atoms with Crippen molar-refractivity contribution < 1.29 is 19.2 Å². The first-order valence-corrected chi connectivity index (χ1v) is 9.60. The van der Waals surface area contributed by atoms with Gasteiger partial charge in [0.05, 0.1) is 30.8 Å². The Hall–Kier alpha value is -3.19. The first-order chi connectivity index (χ1) is 14.0. The van der Waals surface area contributed by atoms with Crippen molar-refractivity contribution in [1.82, 2.24) is 4.90 Å². The minimum absolute atomic E-state index is 0.0397. The molecule has 2 aliphatic heterocycles. The zero-order valence-electron chi connectivity index (χ0n) is 16.1. The number of methoxy groups -OCH3 is 1. The van der Waals surface area contributed by atoms with Crippen LogP contribution in [0.3, 0.4) is 0 Å². The molecule has 0 N–H and O–H groups in total. The molecule has 2 unspecified atom stereocenters. The highest BCUT2D eigenvalue weighted by Crippen LogP contribution is 2.35. The van der Waals surface area contributed by atoms with Crippen LogP contribution < -0.4 is 4.74 Å². The molecule has 2 aliphatic rings. The van der Waals surface area contributed by atoms with Crippen LogP contribution >= 0.6 is 0 Å². The molecular weight excluding hydrogens is 372 g/mol. The van der Waals surface area contributed by atoms with E-state index in [1.165, 1.54) is 24.3 Å². The lowest BCUT2D eigenvalue weighted by molar-refractivity contribution is -0.384. The first kappa shape index (κ1) is 19.1. The van der Waals surface area contributed by atoms with Crippen molar-refractivity contribution in [2.24, 2.45) is 0 Å². The predicted octanol–water partition coefficient (Wildman–Crippen LogP) is 4.08. The van der Waals surface area contributed by atoms with Gasteiger partial charge in [-0.05, 0) is 49.1 Å². The predicted molar refractivity (Wildman–Crippen MR) is 107 cm³/mol. The largest absolute Gasteiger partial charge is 0.497 e. The minimum atomic E-state index is -0.473. The average molecular weight is 394 g/mol. The maximum atomic E-state index is 13.4. The quantitative estimate of drug-likeness (QED) is 0.545. The van der Waals surface area contributed by atoms with E-state index in [9.17, 15) is 14.9 Å². The van der Waals surface area contributed by atoms with E-state index in [2.05, 4.69) is 6.08 Å². The molecule has 0 spiro atoms. The molecule has 0 aromatic heterocycles. The average Bonchev–Trinajstić information content (AvgIpc) is 3.13. The van der Waals surface area contributed by atoms with E-state index < -0.39 is 4.92 Å². The van der Waals surface area contributed by atoms with E-state index in [-0.39, 0.29) is 23.8 Å². The Balaban J connectivity index is 1.64. The number of hydrogen-bond acceptors (Lipinski definition) is 5. The summed E-state index contributed by atoms with van der Waals surface area (Å²) in [6.07, 6.45) is 4.92. The van der Waals surface area contributed by atoms with E-state index in [0.29, 0.717) is 12.1 Å². The summed E-state index contributed by atoms with van der Waals surface area (Å²) in [5.41, 5.74) is 2.20. The van der Waals surface area contributed by atoms with Crippen molar-refractivity contribution in [3.63, 3.8) is 0 Å². The molecule has 1 saturated heterocycles. The highest BCUT2D eigenvalue weighted by Gasteiger charge is 2.36. The summed E-state index contributed by atoms with van der Waals surface area (Å²) in [6, 6.07) is 13.3. The number of carbonyl (C=O) groups is 1. The minimum Gasteiger partial charge on any atom is -0.497 e. The smallest absolute Gasteiger partial charge is 0.269 e. The Bertz CT molecular complexity index is 937. The van der Waals surface area contributed by atoms with Gasteiger partial charge in [0, 0.05) is 23.4 Å². The van der Waals surface area contributed by atoms with Gasteiger partial charge in [0.15, 0.2) is 0 Å². The first-order valence-electron chi connectivity index (χ1n) is 9.60. The molecule has 1 fully saturated rings. The number of carbonyl (C=O) groups excluding carboxylic acids is 1. The highest BCUT2D eigenvalue weighted by atomic mass is 16.6. The fourth-order valence-electron chi connectivity index (χ4n) is 3.84. The van der Waals surface area contributed by atoms with Gasteiger partial charge in [0.1, 0.15) is 5.75 Å². The third kappa shape index (κ3) is 4.00. The van der Waals surface area contributed by atoms with E-state index in [1.807, 2.05) is 24.3 Å². The third-order valence-corrected chi connectivity index (χ3v) is 5.41. The maximum Gasteiger partial charge on any atom is 0.269 e. The summed E-state index contributed by atoms with van der Waals surface area (Å²) in [6.45, 7) is 0.385. The normalized spacial score (nSPS) is 20.1. The zero-order chi connectivity index (χ0) is 20.4. The van der Waals surface area contributed by atoms with Gasteiger partial charge in [-0.1, -0.05) is 18.2 Å². The van der Waals surface area contributed by atoms with Crippen LogP contribution in [0.15, 0.2) is 60.3 Å². The molecule has 150 valence electrons. The molecule has 7 heteroatoms. The van der Waals surface area contributed by atoms with Gasteiger partial charge < -0.3 is 14.4 Å². The number of nitro benzene ring substituents is 1. The number of ether oxygens (including phenoxy) is 2. The lowest BCUT2D eigenvalue weighted by Gasteiger charge is -2.32. The van der Waals surface area contributed by atoms with Crippen molar-refractivity contribution in [2.75, 3.05) is 7.11 Å². The molecule has 1 amide bonds. The molecule has 2 aromatic rings. The molecule has 0 saturated carbocycles. The second kappa shape index (κ2) is 8.05. The van der Waals surface area contributed by atoms with Gasteiger partial charge in [0.2, 0.25) is 0 Å². The lowest BCUT2D eigenvalue weighted by Crippen LogP contribution is -2.36. The Kier molecular flexibility index (Phi) is 5.31. The van der Waals surface area contributed by atoms with Crippen molar-refractivity contribution in [1.29, 1.82) is 0 Å². The van der Waals surface area contributed by atoms with Crippen LogP contribution in [-0.4, -0.2) is 35.0 Å². The molecule has 2 bridgehead atoms. The van der Waals surface area contributed by atoms with Crippen molar-refractivity contribution in [3.8, 4) is 5.75 Å². The number of fused-ring (bicyclic) bond motifs is 2. The second-order valence-corrected chi connectivity index (χ2v) is 7.23. The van der Waals surface area contributed by atoms with E-state index in [1.54, 1.807) is 12.0 Å². The molecule has 29 heavy (non-hydrogen) atoms. The maximum absolute atomic E-state index is 13.4. The van der Waals surface area contributed by atoms with Crippen LogP contribution in [0.4, 0.5) is 5.69 Å². The number of nitrogens with zero attached hydrogens (tertiary/aromatic N) is 2. The second-order valence-electron chi connectivity index (χ2n) is 7.23. The molecule has 0 aliphatic carbocycles. The molecule has 7 nitrogen and oxygen atoms in total. The topological polar surface area (TPSA) is 81.9 Å². The van der Waals surface area contributed by atoms with Crippen LogP contribution in [0.5, 0.6) is 5.75 Å². The van der Waals surface area contributed by atoms with Crippen molar-refractivity contribution in [3.05, 3.63) is 81.5 Å². The van der Waals surface area contributed by atoms with Gasteiger partial charge in [-0.15, -0.1) is 0 Å². The summed E-state index contributed by atoms with van der Waals surface area (Å²) in [5, 5.41) is 10.9. The molecule has 0 radical (unpaired) electrons. The van der Waals surface area contributed by atoms with Crippen LogP contribution in [0.25, 0.3) is 0 Å². The SMILES string of the molecule is COc1ccc(CN(C(=O)c2ccc([N+](=O)[O-])cc2)C2=CCC3CCC2O3)cc1. The zero-order valence-corrected chi connectivity index (χ0v) is 16.1. The van der Waals surface area contributed by atoms with Crippen molar-refractivity contribution in [2.45, 2.75) is 38.0 Å². The standard InChI is InChI=1S/C22H22N2O5/c1-28-18-8-2-15(3-9-18)14-23(20-12-10-19-11-13-21(20)29-19)22(25)16-4-6-17(7-5-16)24(26)27/h2-9,12,19,21H,10-11,13-14H2,1H3. The number of hydrogen-bond donors (Lipinski definition) is 0. The van der Waals surface area contributed by atoms with E-state index in [4.69, 9.17) is 9.47 Å². The Morgan fingerprint density at radius 1 is 1.17 bits per heavy atom. The third-order valence-electron chi connectivity index (χ3n) is 5.41. The summed E-state index contributed by atoms with van der Waals surface area (Å²) in [5.74, 6) is 0.553. The fraction of sp³-hybridized carbons (Fsp3) is 0.318. The van der Waals surface area contributed by atoms with Crippen LogP contribution in [-0.2, 0) is 11.3 Å². The molecule has 4 rings (SSSR count). The monoisotopic (exact) mass is 394 g/mol. The highest BCUT2D eigenvalue weighted by molar-refractivity contribution is 5.95. The molecule has 2 atom stereocenters. The van der Waals surface area contributed by atoms with Crippen molar-refractivity contribution >= 4 is 11.6 Å². The Labute approximate surface area is 168 Å². The van der Waals surface area contributed by atoms with Crippen LogP contribution in [0, 0.1) is 10.1 Å². The lowest BCUT2D eigenvalue weighted by atomic mass is 10.1. The van der Waals surface area contributed by atoms with Gasteiger partial charge >= 0.3 is 0 Å². The Morgan fingerprint density at radius 3 is 2.55 bits per heavy atom. The molecule has 2 aromatic carbocycles. The number of amides is 1. The summed E-state index contributed by atoms with van der Waals surface area (Å²) < 4.78 is 11.2. The summed E-state index contributed by atoms with van der Waals surface area (Å²) in [4.78, 5) is 25.5. The van der Waals surface area contributed by atoms with Gasteiger partial charge in [-0.25, -0.2) is 0 Å². The van der Waals surface area contributed by atoms with Gasteiger partial charge in [-0.2, -0.15) is 0 Å². The van der Waals surface area contributed by atoms with Gasteiger partial charge in [0.25, 0.3) is 11.6 Å². The number of non-ortho nitro benzene ring substituents is 1. The van der Waals surface area contributed by atoms with E-state index in [0.717, 1.165) is 36.3 Å². The Morgan fingerprint density at radius 2 is 1.90 bits per heavy atom. The molecule has 2 heterocycles. The summed E-state index contributed by atoms with van der Waals surface area (Å²) in [7, 11) is 1.61. The van der Waals surface area contributed by atoms with E-state index >= 15 is 0 Å². The summed E-state index contributed by atoms with van der Waals surface area (Å²) >= 11 is 0. The van der Waals surface area contributed by atoms with Crippen LogP contribution in [0.2, 0.25) is 0 Å². The van der Waals surface area contributed by atoms with Crippen LogP contribution in [0.1, 0.15) is 35.2 Å². The fourth-order valence-corrected chi connectivity index (χ4v) is 3.84. The molecular formula is C22H22N2O5. The number of rotatable bonds is 6. The number of nitro groups is 1. The number of benzene rings is 2.